The molecule has 0 aliphatic carbocycles. The first-order chi connectivity index (χ1) is 16.7. The molecule has 3 rings (SSSR count). The molecule has 0 bridgehead atoms. The van der Waals surface area contributed by atoms with Crippen molar-refractivity contribution in [1.29, 1.82) is 0 Å². The fourth-order valence-electron chi connectivity index (χ4n) is 3.70. The molecule has 2 heterocycles. The maximum atomic E-state index is 12.5. The van der Waals surface area contributed by atoms with Gasteiger partial charge in [-0.15, -0.1) is 0 Å². The van der Waals surface area contributed by atoms with E-state index in [1.165, 1.54) is 23.6 Å². The summed E-state index contributed by atoms with van der Waals surface area (Å²) in [4.78, 5) is 43.3. The van der Waals surface area contributed by atoms with E-state index in [0.717, 1.165) is 45.3 Å². The standard InChI is InChI=1S/C24H35N7O4/c1-24(26,16-32)22(34)27-19-6-4-17(5-7-19)21(33)28-20-10-15-31(23(35)29-20)12-3-2-11-30-13-8-18(25)9-14-30/h4-7,10,15,18,32H,2-3,8-9,11-14,16,25-26H2,1H3,(H,27,34)(H,28,29,33,35). The average Bonchev–Trinajstić information content (AvgIpc) is 2.84. The number of rotatable bonds is 10. The van der Waals surface area contributed by atoms with Gasteiger partial charge in [-0.2, -0.15) is 4.98 Å². The molecule has 1 atom stereocenters. The van der Waals surface area contributed by atoms with Gasteiger partial charge in [-0.1, -0.05) is 0 Å². The van der Waals surface area contributed by atoms with E-state index in [9.17, 15) is 19.5 Å². The molecule has 1 saturated heterocycles. The van der Waals surface area contributed by atoms with E-state index in [1.807, 2.05) is 0 Å². The average molecular weight is 486 g/mol. The monoisotopic (exact) mass is 485 g/mol. The van der Waals surface area contributed by atoms with Gasteiger partial charge in [-0.3, -0.25) is 14.2 Å². The summed E-state index contributed by atoms with van der Waals surface area (Å²) in [6, 6.07) is 8.05. The molecular formula is C24H35N7O4. The molecule has 11 heteroatoms. The number of nitrogens with zero attached hydrogens (tertiary/aromatic N) is 3. The number of hydrogen-bond acceptors (Lipinski definition) is 8. The number of piperidine rings is 1. The van der Waals surface area contributed by atoms with E-state index >= 15 is 0 Å². The highest BCUT2D eigenvalue weighted by atomic mass is 16.3. The molecule has 190 valence electrons. The summed E-state index contributed by atoms with van der Waals surface area (Å²) in [6.45, 7) is 4.55. The lowest BCUT2D eigenvalue weighted by atomic mass is 10.0. The fourth-order valence-corrected chi connectivity index (χ4v) is 3.70. The fraction of sp³-hybridized carbons (Fsp3) is 0.500. The van der Waals surface area contributed by atoms with Crippen LogP contribution >= 0.6 is 0 Å². The predicted molar refractivity (Wildman–Crippen MR) is 134 cm³/mol. The first-order valence-corrected chi connectivity index (χ1v) is 11.9. The zero-order valence-electron chi connectivity index (χ0n) is 20.1. The predicted octanol–water partition coefficient (Wildman–Crippen LogP) is 0.347. The Balaban J connectivity index is 1.47. The van der Waals surface area contributed by atoms with Crippen LogP contribution in [0.15, 0.2) is 41.3 Å². The number of benzene rings is 1. The Bertz CT molecular complexity index is 1060. The molecule has 7 N–H and O–H groups in total. The third-order valence-corrected chi connectivity index (χ3v) is 6.12. The van der Waals surface area contributed by atoms with Crippen LogP contribution in [0, 0.1) is 0 Å². The van der Waals surface area contributed by atoms with E-state index in [2.05, 4.69) is 20.5 Å². The number of nitrogens with two attached hydrogens (primary N) is 2. The molecule has 0 saturated carbocycles. The molecule has 1 fully saturated rings. The third kappa shape index (κ3) is 7.69. The maximum absolute atomic E-state index is 12.5. The molecule has 1 aliphatic heterocycles. The highest BCUT2D eigenvalue weighted by molar-refractivity contribution is 6.04. The molecule has 2 aromatic rings. The Morgan fingerprint density at radius 1 is 1.11 bits per heavy atom. The minimum atomic E-state index is -1.41. The van der Waals surface area contributed by atoms with Crippen molar-refractivity contribution in [3.63, 3.8) is 0 Å². The molecule has 1 unspecified atom stereocenters. The van der Waals surface area contributed by atoms with Crippen LogP contribution in [-0.2, 0) is 11.3 Å². The third-order valence-electron chi connectivity index (χ3n) is 6.12. The van der Waals surface area contributed by atoms with Crippen LogP contribution in [0.3, 0.4) is 0 Å². The van der Waals surface area contributed by atoms with Crippen molar-refractivity contribution in [2.24, 2.45) is 11.5 Å². The summed E-state index contributed by atoms with van der Waals surface area (Å²) in [5, 5.41) is 14.4. The van der Waals surface area contributed by atoms with E-state index in [-0.39, 0.29) is 5.82 Å². The van der Waals surface area contributed by atoms with E-state index in [1.54, 1.807) is 24.4 Å². The zero-order valence-corrected chi connectivity index (χ0v) is 20.1. The highest BCUT2D eigenvalue weighted by Gasteiger charge is 2.27. The van der Waals surface area contributed by atoms with Crippen molar-refractivity contribution in [1.82, 2.24) is 14.5 Å². The summed E-state index contributed by atoms with van der Waals surface area (Å²) in [6.07, 6.45) is 5.56. The van der Waals surface area contributed by atoms with E-state index in [0.29, 0.717) is 23.8 Å². The molecule has 1 aliphatic rings. The van der Waals surface area contributed by atoms with Gasteiger partial charge in [0.1, 0.15) is 11.4 Å². The van der Waals surface area contributed by atoms with Crippen LogP contribution in [0.2, 0.25) is 0 Å². The number of aromatic nitrogens is 2. The van der Waals surface area contributed by atoms with Gasteiger partial charge in [0, 0.05) is 30.0 Å². The second kappa shape index (κ2) is 12.0. The van der Waals surface area contributed by atoms with Gasteiger partial charge in [-0.05, 0) is 82.6 Å². The quantitative estimate of drug-likeness (QED) is 0.300. The van der Waals surface area contributed by atoms with Gasteiger partial charge in [0.15, 0.2) is 0 Å². The van der Waals surface area contributed by atoms with Gasteiger partial charge < -0.3 is 32.1 Å². The summed E-state index contributed by atoms with van der Waals surface area (Å²) in [7, 11) is 0. The van der Waals surface area contributed by atoms with Crippen LogP contribution in [0.1, 0.15) is 43.0 Å². The number of unbranched alkanes of at least 4 members (excludes halogenated alkanes) is 1. The number of nitrogens with one attached hydrogen (secondary N) is 2. The lowest BCUT2D eigenvalue weighted by molar-refractivity contribution is -0.121. The smallest absolute Gasteiger partial charge is 0.349 e. The summed E-state index contributed by atoms with van der Waals surface area (Å²) >= 11 is 0. The second-order valence-corrected chi connectivity index (χ2v) is 9.24. The number of likely N-dealkylation sites (tertiary alicyclic amines) is 1. The molecule has 11 nitrogen and oxygen atoms in total. The number of amides is 2. The van der Waals surface area contributed by atoms with E-state index < -0.39 is 29.6 Å². The lowest BCUT2D eigenvalue weighted by Gasteiger charge is -2.29. The summed E-state index contributed by atoms with van der Waals surface area (Å²) in [5.74, 6) is -0.814. The Morgan fingerprint density at radius 3 is 2.40 bits per heavy atom. The summed E-state index contributed by atoms with van der Waals surface area (Å²) in [5.41, 5.74) is 10.6. The molecular weight excluding hydrogens is 450 g/mol. The van der Waals surface area contributed by atoms with Crippen molar-refractivity contribution >= 4 is 23.3 Å². The molecule has 2 amide bonds. The Labute approximate surface area is 204 Å². The second-order valence-electron chi connectivity index (χ2n) is 9.24. The maximum Gasteiger partial charge on any atom is 0.349 e. The minimum Gasteiger partial charge on any atom is -0.394 e. The molecule has 0 radical (unpaired) electrons. The first-order valence-electron chi connectivity index (χ1n) is 11.9. The van der Waals surface area contributed by atoms with Gasteiger partial charge >= 0.3 is 5.69 Å². The van der Waals surface area contributed by atoms with Gasteiger partial charge in [0.25, 0.3) is 5.91 Å². The van der Waals surface area contributed by atoms with Crippen molar-refractivity contribution in [3.8, 4) is 0 Å². The number of aliphatic hydroxyl groups is 1. The van der Waals surface area contributed by atoms with Crippen LogP contribution in [0.5, 0.6) is 0 Å². The first kappa shape index (κ1) is 26.5. The van der Waals surface area contributed by atoms with Crippen LogP contribution in [0.4, 0.5) is 11.5 Å². The number of aliphatic hydroxyl groups excluding tert-OH is 1. The Kier molecular flexibility index (Phi) is 9.10. The Morgan fingerprint density at radius 2 is 1.77 bits per heavy atom. The number of carbonyl (C=O) groups excluding carboxylic acids is 2. The summed E-state index contributed by atoms with van der Waals surface area (Å²) < 4.78 is 1.54. The number of hydrogen-bond donors (Lipinski definition) is 5. The normalized spacial score (nSPS) is 16.5. The van der Waals surface area contributed by atoms with Gasteiger partial charge in [-0.25, -0.2) is 4.79 Å². The van der Waals surface area contributed by atoms with Crippen LogP contribution in [0.25, 0.3) is 0 Å². The largest absolute Gasteiger partial charge is 0.394 e. The lowest BCUT2D eigenvalue weighted by Crippen LogP contribution is -2.51. The SMILES string of the molecule is CC(N)(CO)C(=O)Nc1ccc(C(=O)Nc2ccn(CCCCN3CCC(N)CC3)c(=O)n2)cc1. The van der Waals surface area contributed by atoms with Crippen molar-refractivity contribution < 1.29 is 14.7 Å². The molecule has 0 spiro atoms. The topological polar surface area (TPSA) is 169 Å². The number of aryl methyl sites for hydroxylation is 1. The van der Waals surface area contributed by atoms with Gasteiger partial charge in [0.05, 0.1) is 6.61 Å². The van der Waals surface area contributed by atoms with Crippen molar-refractivity contribution in [3.05, 3.63) is 52.6 Å². The minimum absolute atomic E-state index is 0.167. The van der Waals surface area contributed by atoms with E-state index in [4.69, 9.17) is 11.5 Å². The van der Waals surface area contributed by atoms with Crippen LogP contribution < -0.4 is 27.8 Å². The molecule has 1 aromatic heterocycles. The molecule has 1 aromatic carbocycles. The van der Waals surface area contributed by atoms with Crippen molar-refractivity contribution in [2.45, 2.75) is 50.7 Å². The number of anilines is 2. The number of carbonyl (C=O) groups is 2. The van der Waals surface area contributed by atoms with Gasteiger partial charge in [0.2, 0.25) is 5.91 Å². The van der Waals surface area contributed by atoms with Crippen molar-refractivity contribution in [2.75, 3.05) is 36.9 Å². The van der Waals surface area contributed by atoms with Crippen LogP contribution in [-0.4, -0.2) is 69.2 Å². The zero-order chi connectivity index (χ0) is 25.4. The Hall–Kier alpha value is -3.12. The highest BCUT2D eigenvalue weighted by Crippen LogP contribution is 2.13. The molecule has 35 heavy (non-hydrogen) atoms.